The summed E-state index contributed by atoms with van der Waals surface area (Å²) < 4.78 is 0. The Balaban J connectivity index is 2.06. The molecule has 0 aliphatic heterocycles. The highest BCUT2D eigenvalue weighted by Gasteiger charge is 2.10. The van der Waals surface area contributed by atoms with E-state index in [9.17, 15) is 0 Å². The Labute approximate surface area is 116 Å². The second kappa shape index (κ2) is 7.10. The van der Waals surface area contributed by atoms with Gasteiger partial charge in [0.1, 0.15) is 0 Å². The molecule has 1 nitrogen and oxygen atoms in total. The minimum absolute atomic E-state index is 0.415. The third-order valence-electron chi connectivity index (χ3n) is 3.60. The second-order valence-electron chi connectivity index (χ2n) is 5.11. The SMILES string of the molecule is CCCc1ccc(CC(CN)c2ccccc2)cc1. The first kappa shape index (κ1) is 13.8. The molecule has 0 aliphatic rings. The Morgan fingerprint density at radius 2 is 1.53 bits per heavy atom. The van der Waals surface area contributed by atoms with Gasteiger partial charge >= 0.3 is 0 Å². The maximum absolute atomic E-state index is 5.93. The zero-order valence-electron chi connectivity index (χ0n) is 11.7. The summed E-state index contributed by atoms with van der Waals surface area (Å²) in [5.41, 5.74) is 10.1. The van der Waals surface area contributed by atoms with Crippen LogP contribution in [0, 0.1) is 0 Å². The molecule has 0 aromatic heterocycles. The maximum atomic E-state index is 5.93. The number of hydrogen-bond donors (Lipinski definition) is 1. The second-order valence-corrected chi connectivity index (χ2v) is 5.11. The molecule has 0 spiro atoms. The molecule has 2 aromatic rings. The molecule has 0 saturated heterocycles. The van der Waals surface area contributed by atoms with E-state index in [4.69, 9.17) is 5.73 Å². The van der Waals surface area contributed by atoms with Crippen LogP contribution in [0.25, 0.3) is 0 Å². The van der Waals surface area contributed by atoms with Gasteiger partial charge in [-0.15, -0.1) is 0 Å². The van der Waals surface area contributed by atoms with Crippen LogP contribution in [0.15, 0.2) is 54.6 Å². The number of nitrogens with two attached hydrogens (primary N) is 1. The first-order valence-corrected chi connectivity index (χ1v) is 7.16. The smallest absolute Gasteiger partial charge is 0.000157 e. The van der Waals surface area contributed by atoms with Gasteiger partial charge in [-0.1, -0.05) is 67.9 Å². The quantitative estimate of drug-likeness (QED) is 0.829. The lowest BCUT2D eigenvalue weighted by molar-refractivity contribution is 0.694. The summed E-state index contributed by atoms with van der Waals surface area (Å²) in [5, 5.41) is 0. The predicted molar refractivity (Wildman–Crippen MR) is 82.4 cm³/mol. The van der Waals surface area contributed by atoms with Crippen molar-refractivity contribution in [3.8, 4) is 0 Å². The highest BCUT2D eigenvalue weighted by Crippen LogP contribution is 2.20. The summed E-state index contributed by atoms with van der Waals surface area (Å²) in [4.78, 5) is 0. The lowest BCUT2D eigenvalue weighted by Crippen LogP contribution is -2.14. The first-order chi connectivity index (χ1) is 9.33. The lowest BCUT2D eigenvalue weighted by atomic mass is 9.91. The van der Waals surface area contributed by atoms with Crippen LogP contribution in [0.4, 0.5) is 0 Å². The van der Waals surface area contributed by atoms with Gasteiger partial charge in [0, 0.05) is 5.92 Å². The molecule has 100 valence electrons. The van der Waals surface area contributed by atoms with Crippen LogP contribution in [-0.4, -0.2) is 6.54 Å². The molecule has 1 unspecified atom stereocenters. The molecule has 2 N–H and O–H groups in total. The molecule has 0 fully saturated rings. The summed E-state index contributed by atoms with van der Waals surface area (Å²) in [6, 6.07) is 19.6. The van der Waals surface area contributed by atoms with E-state index in [1.165, 1.54) is 29.5 Å². The standard InChI is InChI=1S/C18H23N/c1-2-6-15-9-11-16(12-10-15)13-18(14-19)17-7-4-3-5-8-17/h3-5,7-12,18H,2,6,13-14,19H2,1H3. The van der Waals surface area contributed by atoms with E-state index in [1.807, 2.05) is 0 Å². The van der Waals surface area contributed by atoms with Crippen molar-refractivity contribution in [1.82, 2.24) is 0 Å². The summed E-state index contributed by atoms with van der Waals surface area (Å²) >= 11 is 0. The Kier molecular flexibility index (Phi) is 5.17. The van der Waals surface area contributed by atoms with E-state index in [0.717, 1.165) is 6.42 Å². The number of benzene rings is 2. The highest BCUT2D eigenvalue weighted by atomic mass is 14.5. The highest BCUT2D eigenvalue weighted by molar-refractivity contribution is 5.27. The summed E-state index contributed by atoms with van der Waals surface area (Å²) in [6.45, 7) is 2.91. The Morgan fingerprint density at radius 1 is 0.895 bits per heavy atom. The van der Waals surface area contributed by atoms with Crippen molar-refractivity contribution in [2.45, 2.75) is 32.1 Å². The monoisotopic (exact) mass is 253 g/mol. The third kappa shape index (κ3) is 3.93. The van der Waals surface area contributed by atoms with E-state index in [1.54, 1.807) is 0 Å². The number of aryl methyl sites for hydroxylation is 1. The van der Waals surface area contributed by atoms with Crippen molar-refractivity contribution in [2.75, 3.05) is 6.54 Å². The Bertz CT molecular complexity index is 473. The minimum Gasteiger partial charge on any atom is -0.330 e. The summed E-state index contributed by atoms with van der Waals surface area (Å²) in [7, 11) is 0. The average molecular weight is 253 g/mol. The van der Waals surface area contributed by atoms with Gasteiger partial charge in [0.2, 0.25) is 0 Å². The zero-order chi connectivity index (χ0) is 13.5. The molecule has 0 bridgehead atoms. The Morgan fingerprint density at radius 3 is 2.11 bits per heavy atom. The largest absolute Gasteiger partial charge is 0.330 e. The van der Waals surface area contributed by atoms with E-state index >= 15 is 0 Å². The van der Waals surface area contributed by atoms with Crippen LogP contribution in [0.3, 0.4) is 0 Å². The number of rotatable bonds is 6. The predicted octanol–water partition coefficient (Wildman–Crippen LogP) is 3.92. The molecule has 0 radical (unpaired) electrons. The minimum atomic E-state index is 0.415. The molecular weight excluding hydrogens is 230 g/mol. The molecular formula is C18H23N. The molecule has 0 saturated carbocycles. The van der Waals surface area contributed by atoms with Gasteiger partial charge in [-0.2, -0.15) is 0 Å². The molecule has 0 aliphatic carbocycles. The first-order valence-electron chi connectivity index (χ1n) is 7.16. The fraction of sp³-hybridized carbons (Fsp3) is 0.333. The Hall–Kier alpha value is -1.60. The van der Waals surface area contributed by atoms with Crippen molar-refractivity contribution in [1.29, 1.82) is 0 Å². The van der Waals surface area contributed by atoms with Crippen molar-refractivity contribution in [3.63, 3.8) is 0 Å². The van der Waals surface area contributed by atoms with E-state index < -0.39 is 0 Å². The fourth-order valence-electron chi connectivity index (χ4n) is 2.48. The van der Waals surface area contributed by atoms with E-state index in [-0.39, 0.29) is 0 Å². The molecule has 19 heavy (non-hydrogen) atoms. The van der Waals surface area contributed by atoms with Crippen LogP contribution in [0.5, 0.6) is 0 Å². The van der Waals surface area contributed by atoms with Crippen LogP contribution in [0.1, 0.15) is 36.0 Å². The van der Waals surface area contributed by atoms with Gasteiger partial charge in [-0.3, -0.25) is 0 Å². The van der Waals surface area contributed by atoms with Crippen molar-refractivity contribution in [3.05, 3.63) is 71.3 Å². The summed E-state index contributed by atoms with van der Waals surface area (Å²) in [6.07, 6.45) is 3.39. The van der Waals surface area contributed by atoms with Crippen LogP contribution in [-0.2, 0) is 12.8 Å². The molecule has 2 aromatic carbocycles. The van der Waals surface area contributed by atoms with E-state index in [0.29, 0.717) is 12.5 Å². The normalized spacial score (nSPS) is 12.3. The van der Waals surface area contributed by atoms with Crippen molar-refractivity contribution < 1.29 is 0 Å². The fourth-order valence-corrected chi connectivity index (χ4v) is 2.48. The molecule has 2 rings (SSSR count). The summed E-state index contributed by atoms with van der Waals surface area (Å²) in [5.74, 6) is 0.415. The molecule has 0 heterocycles. The van der Waals surface area contributed by atoms with Gasteiger partial charge in [-0.05, 0) is 36.1 Å². The van der Waals surface area contributed by atoms with Gasteiger partial charge in [-0.25, -0.2) is 0 Å². The van der Waals surface area contributed by atoms with Crippen molar-refractivity contribution >= 4 is 0 Å². The topological polar surface area (TPSA) is 26.0 Å². The average Bonchev–Trinajstić information content (AvgIpc) is 2.48. The van der Waals surface area contributed by atoms with Crippen LogP contribution >= 0.6 is 0 Å². The molecule has 0 amide bonds. The number of hydrogen-bond acceptors (Lipinski definition) is 1. The maximum Gasteiger partial charge on any atom is 0.000157 e. The lowest BCUT2D eigenvalue weighted by Gasteiger charge is -2.15. The van der Waals surface area contributed by atoms with Gasteiger partial charge in [0.25, 0.3) is 0 Å². The van der Waals surface area contributed by atoms with Crippen molar-refractivity contribution in [2.24, 2.45) is 5.73 Å². The van der Waals surface area contributed by atoms with Gasteiger partial charge in [0.05, 0.1) is 0 Å². The van der Waals surface area contributed by atoms with E-state index in [2.05, 4.69) is 61.5 Å². The molecule has 1 atom stereocenters. The molecule has 1 heteroatoms. The third-order valence-corrected chi connectivity index (χ3v) is 3.60. The van der Waals surface area contributed by atoms with Gasteiger partial charge in [0.15, 0.2) is 0 Å². The van der Waals surface area contributed by atoms with Crippen LogP contribution < -0.4 is 5.73 Å². The zero-order valence-corrected chi connectivity index (χ0v) is 11.7. The van der Waals surface area contributed by atoms with Crippen LogP contribution in [0.2, 0.25) is 0 Å². The van der Waals surface area contributed by atoms with Gasteiger partial charge < -0.3 is 5.73 Å².